The van der Waals surface area contributed by atoms with Gasteiger partial charge in [-0.2, -0.15) is 10.4 Å². The van der Waals surface area contributed by atoms with Crippen LogP contribution in [0, 0.1) is 18.3 Å². The van der Waals surface area contributed by atoms with Gasteiger partial charge in [-0.1, -0.05) is 6.07 Å². The van der Waals surface area contributed by atoms with Gasteiger partial charge in [-0.3, -0.25) is 4.68 Å². The zero-order chi connectivity index (χ0) is 12.3. The molecular formula is C13H13N3O. The van der Waals surface area contributed by atoms with Crippen molar-refractivity contribution in [3.63, 3.8) is 0 Å². The van der Waals surface area contributed by atoms with E-state index in [1.807, 2.05) is 36.1 Å². The van der Waals surface area contributed by atoms with Crippen molar-refractivity contribution in [1.82, 2.24) is 9.78 Å². The third-order valence-electron chi connectivity index (χ3n) is 2.49. The summed E-state index contributed by atoms with van der Waals surface area (Å²) in [7, 11) is 1.57. The first-order valence-electron chi connectivity index (χ1n) is 5.29. The van der Waals surface area contributed by atoms with E-state index in [4.69, 9.17) is 10.00 Å². The summed E-state index contributed by atoms with van der Waals surface area (Å²) in [6, 6.07) is 7.65. The number of methoxy groups -OCH3 is 1. The molecule has 0 amide bonds. The molecular weight excluding hydrogens is 214 g/mol. The van der Waals surface area contributed by atoms with Crippen molar-refractivity contribution in [2.75, 3.05) is 7.11 Å². The van der Waals surface area contributed by atoms with Crippen molar-refractivity contribution in [3.8, 4) is 11.8 Å². The van der Waals surface area contributed by atoms with Crippen LogP contribution in [-0.4, -0.2) is 16.9 Å². The summed E-state index contributed by atoms with van der Waals surface area (Å²) in [4.78, 5) is 0. The zero-order valence-electron chi connectivity index (χ0n) is 9.84. The fourth-order valence-corrected chi connectivity index (χ4v) is 1.67. The van der Waals surface area contributed by atoms with E-state index in [1.165, 1.54) is 0 Å². The lowest BCUT2D eigenvalue weighted by molar-refractivity contribution is 0.412. The minimum absolute atomic E-state index is 0.549. The third kappa shape index (κ3) is 2.45. The number of rotatable bonds is 3. The highest BCUT2D eigenvalue weighted by atomic mass is 16.5. The Morgan fingerprint density at radius 2 is 2.29 bits per heavy atom. The van der Waals surface area contributed by atoms with Gasteiger partial charge in [0, 0.05) is 6.20 Å². The second-order valence-corrected chi connectivity index (χ2v) is 3.86. The van der Waals surface area contributed by atoms with Gasteiger partial charge >= 0.3 is 0 Å². The van der Waals surface area contributed by atoms with Gasteiger partial charge in [0.25, 0.3) is 0 Å². The Morgan fingerprint density at radius 3 is 2.88 bits per heavy atom. The number of nitriles is 1. The Labute approximate surface area is 100 Å². The predicted octanol–water partition coefficient (Wildman–Crippen LogP) is 2.12. The van der Waals surface area contributed by atoms with E-state index in [0.29, 0.717) is 17.9 Å². The molecule has 4 heteroatoms. The van der Waals surface area contributed by atoms with Crippen LogP contribution in [-0.2, 0) is 6.54 Å². The van der Waals surface area contributed by atoms with Crippen LogP contribution < -0.4 is 4.74 Å². The molecule has 0 fully saturated rings. The van der Waals surface area contributed by atoms with Crippen LogP contribution in [0.3, 0.4) is 0 Å². The average molecular weight is 227 g/mol. The molecule has 0 spiro atoms. The normalized spacial score (nSPS) is 9.94. The maximum Gasteiger partial charge on any atom is 0.136 e. The first kappa shape index (κ1) is 11.2. The molecule has 0 aliphatic rings. The standard InChI is InChI=1S/C13H13N3O/c1-10-7-15-16(8-10)9-11-3-4-12(6-14)13(5-11)17-2/h3-5,7-8H,9H2,1-2H3. The van der Waals surface area contributed by atoms with Gasteiger partial charge in [0.1, 0.15) is 11.8 Å². The SMILES string of the molecule is COc1cc(Cn2cc(C)cn2)ccc1C#N. The monoisotopic (exact) mass is 227 g/mol. The fraction of sp³-hybridized carbons (Fsp3) is 0.231. The molecule has 86 valence electrons. The smallest absolute Gasteiger partial charge is 0.136 e. The van der Waals surface area contributed by atoms with Crippen molar-refractivity contribution in [1.29, 1.82) is 5.26 Å². The van der Waals surface area contributed by atoms with Crippen LogP contribution in [0.4, 0.5) is 0 Å². The number of aryl methyl sites for hydroxylation is 1. The van der Waals surface area contributed by atoms with Gasteiger partial charge in [-0.05, 0) is 30.2 Å². The van der Waals surface area contributed by atoms with Crippen molar-refractivity contribution in [2.45, 2.75) is 13.5 Å². The Bertz CT molecular complexity index is 566. The van der Waals surface area contributed by atoms with E-state index in [2.05, 4.69) is 11.2 Å². The molecule has 0 saturated carbocycles. The molecule has 4 nitrogen and oxygen atoms in total. The van der Waals surface area contributed by atoms with E-state index >= 15 is 0 Å². The third-order valence-corrected chi connectivity index (χ3v) is 2.49. The summed E-state index contributed by atoms with van der Waals surface area (Å²) in [5.74, 6) is 0.605. The van der Waals surface area contributed by atoms with Gasteiger partial charge in [0.2, 0.25) is 0 Å². The van der Waals surface area contributed by atoms with Crippen LogP contribution in [0.15, 0.2) is 30.6 Å². The van der Waals surface area contributed by atoms with Crippen LogP contribution >= 0.6 is 0 Å². The van der Waals surface area contributed by atoms with Crippen LogP contribution in [0.1, 0.15) is 16.7 Å². The molecule has 0 unspecified atom stereocenters. The van der Waals surface area contributed by atoms with Crippen molar-refractivity contribution >= 4 is 0 Å². The first-order chi connectivity index (χ1) is 8.22. The molecule has 0 atom stereocenters. The van der Waals surface area contributed by atoms with Crippen molar-refractivity contribution < 1.29 is 4.74 Å². The molecule has 0 aliphatic carbocycles. The quantitative estimate of drug-likeness (QED) is 0.807. The summed E-state index contributed by atoms with van der Waals surface area (Å²) in [6.07, 6.45) is 3.80. The summed E-state index contributed by atoms with van der Waals surface area (Å²) >= 11 is 0. The van der Waals surface area contributed by atoms with Gasteiger partial charge in [0.05, 0.1) is 25.4 Å². The molecule has 1 aromatic heterocycles. The number of ether oxygens (including phenoxy) is 1. The van der Waals surface area contributed by atoms with E-state index in [1.54, 1.807) is 13.2 Å². The summed E-state index contributed by atoms with van der Waals surface area (Å²) < 4.78 is 7.02. The average Bonchev–Trinajstić information content (AvgIpc) is 2.74. The maximum atomic E-state index is 8.89. The highest BCUT2D eigenvalue weighted by Gasteiger charge is 2.04. The maximum absolute atomic E-state index is 8.89. The Balaban J connectivity index is 2.25. The number of nitrogens with zero attached hydrogens (tertiary/aromatic N) is 3. The van der Waals surface area contributed by atoms with Gasteiger partial charge in [-0.15, -0.1) is 0 Å². The predicted molar refractivity (Wildman–Crippen MR) is 63.8 cm³/mol. The van der Waals surface area contributed by atoms with E-state index < -0.39 is 0 Å². The molecule has 0 N–H and O–H groups in total. The van der Waals surface area contributed by atoms with E-state index in [0.717, 1.165) is 11.1 Å². The lowest BCUT2D eigenvalue weighted by Gasteiger charge is -2.06. The lowest BCUT2D eigenvalue weighted by atomic mass is 10.1. The fourth-order valence-electron chi connectivity index (χ4n) is 1.67. The molecule has 0 aliphatic heterocycles. The number of hydrogen-bond acceptors (Lipinski definition) is 3. The van der Waals surface area contributed by atoms with Gasteiger partial charge in [0.15, 0.2) is 0 Å². The second kappa shape index (κ2) is 4.71. The summed E-state index contributed by atoms with van der Waals surface area (Å²) in [5, 5.41) is 13.1. The Hall–Kier alpha value is -2.28. The van der Waals surface area contributed by atoms with E-state index in [9.17, 15) is 0 Å². The molecule has 0 bridgehead atoms. The topological polar surface area (TPSA) is 50.8 Å². The lowest BCUT2D eigenvalue weighted by Crippen LogP contribution is -2.00. The zero-order valence-corrected chi connectivity index (χ0v) is 9.84. The van der Waals surface area contributed by atoms with Crippen LogP contribution in [0.25, 0.3) is 0 Å². The number of hydrogen-bond donors (Lipinski definition) is 0. The van der Waals surface area contributed by atoms with Gasteiger partial charge in [-0.25, -0.2) is 0 Å². The molecule has 17 heavy (non-hydrogen) atoms. The minimum Gasteiger partial charge on any atom is -0.495 e. The molecule has 2 rings (SSSR count). The minimum atomic E-state index is 0.549. The van der Waals surface area contributed by atoms with E-state index in [-0.39, 0.29) is 0 Å². The summed E-state index contributed by atoms with van der Waals surface area (Å²) in [5.41, 5.74) is 2.74. The van der Waals surface area contributed by atoms with Crippen LogP contribution in [0.5, 0.6) is 5.75 Å². The Kier molecular flexibility index (Phi) is 3.10. The summed E-state index contributed by atoms with van der Waals surface area (Å²) in [6.45, 7) is 2.68. The molecule has 1 heterocycles. The molecule has 0 saturated heterocycles. The highest BCUT2D eigenvalue weighted by Crippen LogP contribution is 2.19. The van der Waals surface area contributed by atoms with Gasteiger partial charge < -0.3 is 4.74 Å². The van der Waals surface area contributed by atoms with Crippen molar-refractivity contribution in [2.24, 2.45) is 0 Å². The molecule has 1 aromatic carbocycles. The highest BCUT2D eigenvalue weighted by molar-refractivity contribution is 5.45. The second-order valence-electron chi connectivity index (χ2n) is 3.86. The largest absolute Gasteiger partial charge is 0.495 e. The molecule has 0 radical (unpaired) electrons. The first-order valence-corrected chi connectivity index (χ1v) is 5.29. The number of benzene rings is 1. The Morgan fingerprint density at radius 1 is 1.47 bits per heavy atom. The van der Waals surface area contributed by atoms with Crippen LogP contribution in [0.2, 0.25) is 0 Å². The molecule has 2 aromatic rings. The number of aromatic nitrogens is 2. The van der Waals surface area contributed by atoms with Crippen molar-refractivity contribution in [3.05, 3.63) is 47.3 Å².